The Labute approximate surface area is 116 Å². The predicted molar refractivity (Wildman–Crippen MR) is 73.6 cm³/mol. The van der Waals surface area contributed by atoms with Crippen LogP contribution in [0.15, 0.2) is 42.2 Å². The van der Waals surface area contributed by atoms with E-state index in [-0.39, 0.29) is 5.76 Å². The van der Waals surface area contributed by atoms with Crippen LogP contribution in [0.2, 0.25) is 0 Å². The molecule has 1 atom stereocenters. The number of benzene rings is 1. The van der Waals surface area contributed by atoms with E-state index in [1.165, 1.54) is 19.1 Å². The SMILES string of the molecule is CC1=CC(=O)C(C(=O)C=Cc2ccc(C)cc2)C(=O)O1. The van der Waals surface area contributed by atoms with Crippen LogP contribution in [0.3, 0.4) is 0 Å². The zero-order chi connectivity index (χ0) is 14.7. The first-order valence-electron chi connectivity index (χ1n) is 6.20. The number of esters is 1. The highest BCUT2D eigenvalue weighted by atomic mass is 16.5. The summed E-state index contributed by atoms with van der Waals surface area (Å²) in [5, 5.41) is 0. The highest BCUT2D eigenvalue weighted by Crippen LogP contribution is 2.16. The quantitative estimate of drug-likeness (QED) is 0.480. The second-order valence-corrected chi connectivity index (χ2v) is 4.66. The molecule has 0 N–H and O–H groups in total. The number of cyclic esters (lactones) is 1. The minimum Gasteiger partial charge on any atom is -0.430 e. The van der Waals surface area contributed by atoms with Crippen LogP contribution in [-0.2, 0) is 19.1 Å². The Hall–Kier alpha value is -2.49. The van der Waals surface area contributed by atoms with Crippen molar-refractivity contribution < 1.29 is 19.1 Å². The topological polar surface area (TPSA) is 60.4 Å². The van der Waals surface area contributed by atoms with E-state index in [1.54, 1.807) is 6.08 Å². The van der Waals surface area contributed by atoms with Gasteiger partial charge in [0.05, 0.1) is 0 Å². The normalized spacial score (nSPS) is 18.9. The van der Waals surface area contributed by atoms with Crippen molar-refractivity contribution in [3.8, 4) is 0 Å². The number of carbonyl (C=O) groups excluding carboxylic acids is 3. The summed E-state index contributed by atoms with van der Waals surface area (Å²) < 4.78 is 4.80. The summed E-state index contributed by atoms with van der Waals surface area (Å²) in [7, 11) is 0. The Morgan fingerprint density at radius 2 is 1.80 bits per heavy atom. The van der Waals surface area contributed by atoms with Gasteiger partial charge in [0, 0.05) is 6.08 Å². The molecule has 20 heavy (non-hydrogen) atoms. The van der Waals surface area contributed by atoms with Crippen LogP contribution in [0.1, 0.15) is 18.1 Å². The van der Waals surface area contributed by atoms with Gasteiger partial charge in [-0.3, -0.25) is 14.4 Å². The second-order valence-electron chi connectivity index (χ2n) is 4.66. The van der Waals surface area contributed by atoms with Gasteiger partial charge in [-0.2, -0.15) is 0 Å². The zero-order valence-electron chi connectivity index (χ0n) is 11.3. The van der Waals surface area contributed by atoms with Crippen molar-refractivity contribution in [2.45, 2.75) is 13.8 Å². The lowest BCUT2D eigenvalue weighted by molar-refractivity contribution is -0.151. The number of aryl methyl sites for hydroxylation is 1. The molecule has 0 spiro atoms. The maximum Gasteiger partial charge on any atom is 0.329 e. The number of carbonyl (C=O) groups is 3. The molecule has 0 fully saturated rings. The molecule has 1 heterocycles. The third-order valence-corrected chi connectivity index (χ3v) is 2.93. The number of ketones is 2. The Morgan fingerprint density at radius 1 is 1.15 bits per heavy atom. The van der Waals surface area contributed by atoms with Gasteiger partial charge in [0.15, 0.2) is 17.5 Å². The summed E-state index contributed by atoms with van der Waals surface area (Å²) in [6.07, 6.45) is 3.99. The summed E-state index contributed by atoms with van der Waals surface area (Å²) in [4.78, 5) is 35.2. The van der Waals surface area contributed by atoms with Crippen LogP contribution in [0.4, 0.5) is 0 Å². The van der Waals surface area contributed by atoms with Gasteiger partial charge in [-0.05, 0) is 25.5 Å². The number of rotatable bonds is 3. The third-order valence-electron chi connectivity index (χ3n) is 2.93. The molecule has 1 unspecified atom stereocenters. The number of hydrogen-bond acceptors (Lipinski definition) is 4. The Morgan fingerprint density at radius 3 is 2.40 bits per heavy atom. The molecule has 1 aliphatic heterocycles. The summed E-state index contributed by atoms with van der Waals surface area (Å²) in [5.41, 5.74) is 1.94. The number of hydrogen-bond donors (Lipinski definition) is 0. The molecular formula is C16H14O4. The molecule has 4 nitrogen and oxygen atoms in total. The van der Waals surface area contributed by atoms with Crippen LogP contribution in [0, 0.1) is 12.8 Å². The molecule has 2 rings (SSSR count). The van der Waals surface area contributed by atoms with Crippen molar-refractivity contribution in [3.05, 3.63) is 53.3 Å². The molecule has 1 aliphatic rings. The molecule has 1 aromatic rings. The maximum atomic E-state index is 11.9. The predicted octanol–water partition coefficient (Wildman–Crippen LogP) is 2.22. The molecule has 4 heteroatoms. The maximum absolute atomic E-state index is 11.9. The van der Waals surface area contributed by atoms with E-state index in [1.807, 2.05) is 31.2 Å². The molecule has 0 radical (unpaired) electrons. The molecule has 1 aromatic carbocycles. The fourth-order valence-corrected chi connectivity index (χ4v) is 1.86. The van der Waals surface area contributed by atoms with Crippen LogP contribution in [0.5, 0.6) is 0 Å². The average molecular weight is 270 g/mol. The first-order chi connectivity index (χ1) is 9.47. The van der Waals surface area contributed by atoms with Gasteiger partial charge in [0.1, 0.15) is 5.76 Å². The standard InChI is InChI=1S/C16H14O4/c1-10-3-5-12(6-4-10)7-8-13(17)15-14(18)9-11(2)20-16(15)19/h3-9,15H,1-2H3. The van der Waals surface area contributed by atoms with Gasteiger partial charge >= 0.3 is 5.97 Å². The minimum atomic E-state index is -1.37. The average Bonchev–Trinajstić information content (AvgIpc) is 2.37. The lowest BCUT2D eigenvalue weighted by atomic mass is 9.96. The van der Waals surface area contributed by atoms with Crippen LogP contribution in [0.25, 0.3) is 6.08 Å². The summed E-state index contributed by atoms with van der Waals surface area (Å²) >= 11 is 0. The molecule has 0 amide bonds. The lowest BCUT2D eigenvalue weighted by Gasteiger charge is -2.15. The Bertz CT molecular complexity index is 620. The first-order valence-corrected chi connectivity index (χ1v) is 6.20. The summed E-state index contributed by atoms with van der Waals surface area (Å²) in [5.74, 6) is -3.07. The fraction of sp³-hybridized carbons (Fsp3) is 0.188. The van der Waals surface area contributed by atoms with Crippen LogP contribution < -0.4 is 0 Å². The minimum absolute atomic E-state index is 0.214. The van der Waals surface area contributed by atoms with Crippen molar-refractivity contribution in [1.82, 2.24) is 0 Å². The molecule has 0 aliphatic carbocycles. The largest absolute Gasteiger partial charge is 0.430 e. The first kappa shape index (κ1) is 13.9. The fourth-order valence-electron chi connectivity index (χ4n) is 1.86. The third kappa shape index (κ3) is 3.09. The summed E-state index contributed by atoms with van der Waals surface area (Å²) in [6, 6.07) is 7.53. The highest BCUT2D eigenvalue weighted by molar-refractivity contribution is 6.25. The van der Waals surface area contributed by atoms with Gasteiger partial charge in [-0.1, -0.05) is 35.9 Å². The van der Waals surface area contributed by atoms with E-state index in [9.17, 15) is 14.4 Å². The van der Waals surface area contributed by atoms with E-state index in [4.69, 9.17) is 4.74 Å². The molecular weight excluding hydrogens is 256 g/mol. The molecule has 0 aromatic heterocycles. The van der Waals surface area contributed by atoms with E-state index in [2.05, 4.69) is 0 Å². The second kappa shape index (κ2) is 5.65. The number of ether oxygens (including phenoxy) is 1. The van der Waals surface area contributed by atoms with Crippen molar-refractivity contribution in [2.75, 3.05) is 0 Å². The zero-order valence-corrected chi connectivity index (χ0v) is 11.3. The smallest absolute Gasteiger partial charge is 0.329 e. The van der Waals surface area contributed by atoms with E-state index < -0.39 is 23.5 Å². The van der Waals surface area contributed by atoms with Crippen molar-refractivity contribution in [2.24, 2.45) is 5.92 Å². The molecule has 0 saturated carbocycles. The van der Waals surface area contributed by atoms with Gasteiger partial charge < -0.3 is 4.74 Å². The molecule has 0 saturated heterocycles. The molecule has 102 valence electrons. The van der Waals surface area contributed by atoms with Gasteiger partial charge in [0.2, 0.25) is 0 Å². The monoisotopic (exact) mass is 270 g/mol. The van der Waals surface area contributed by atoms with Gasteiger partial charge in [-0.15, -0.1) is 0 Å². The van der Waals surface area contributed by atoms with Crippen LogP contribution in [-0.4, -0.2) is 17.5 Å². The lowest BCUT2D eigenvalue weighted by Crippen LogP contribution is -2.34. The van der Waals surface area contributed by atoms with E-state index in [0.29, 0.717) is 0 Å². The van der Waals surface area contributed by atoms with Crippen LogP contribution >= 0.6 is 0 Å². The molecule has 0 bridgehead atoms. The van der Waals surface area contributed by atoms with E-state index >= 15 is 0 Å². The Kier molecular flexibility index (Phi) is 3.94. The Balaban J connectivity index is 2.14. The number of allylic oxidation sites excluding steroid dienone is 3. The highest BCUT2D eigenvalue weighted by Gasteiger charge is 2.36. The van der Waals surface area contributed by atoms with Gasteiger partial charge in [0.25, 0.3) is 0 Å². The summed E-state index contributed by atoms with van der Waals surface area (Å²) in [6.45, 7) is 3.46. The van der Waals surface area contributed by atoms with E-state index in [0.717, 1.165) is 11.1 Å². The van der Waals surface area contributed by atoms with Gasteiger partial charge in [-0.25, -0.2) is 0 Å². The van der Waals surface area contributed by atoms with Crippen molar-refractivity contribution >= 4 is 23.6 Å². The van der Waals surface area contributed by atoms with Crippen molar-refractivity contribution in [1.29, 1.82) is 0 Å². The van der Waals surface area contributed by atoms with Crippen molar-refractivity contribution in [3.63, 3.8) is 0 Å².